The van der Waals surface area contributed by atoms with E-state index in [0.717, 1.165) is 118 Å². The van der Waals surface area contributed by atoms with E-state index in [1.165, 1.54) is 191 Å². The zero-order chi connectivity index (χ0) is 88.2. The largest absolute Gasteiger partial charge is 0.508 e. The molecular weight excluding hydrogens is 1620 g/mol. The van der Waals surface area contributed by atoms with Crippen molar-refractivity contribution in [1.82, 2.24) is 0 Å². The Morgan fingerprint density at radius 3 is 1.13 bits per heavy atom. The summed E-state index contributed by atoms with van der Waals surface area (Å²) in [4.78, 5) is 12.4. The maximum Gasteiger partial charge on any atom is 0.186 e. The van der Waals surface area contributed by atoms with Crippen LogP contribution in [0.3, 0.4) is 0 Å². The lowest BCUT2D eigenvalue weighted by Gasteiger charge is -2.39. The summed E-state index contributed by atoms with van der Waals surface area (Å²) in [5, 5.41) is 30.9. The molecule has 0 aliphatic heterocycles. The zero-order valence-corrected chi connectivity index (χ0v) is 79.1. The molecule has 6 saturated carbocycles. The van der Waals surface area contributed by atoms with Gasteiger partial charge in [-0.15, -0.1) is 0 Å². The lowest BCUT2D eigenvalue weighted by Crippen LogP contribution is -2.29. The number of aryl methyl sites for hydroxylation is 5. The Morgan fingerprint density at radius 2 is 0.675 bits per heavy atom. The average molecular weight is 1750 g/mol. The molecule has 0 spiro atoms. The molecule has 18 atom stereocenters. The van der Waals surface area contributed by atoms with Crippen LogP contribution in [0.4, 0.5) is 8.78 Å². The van der Waals surface area contributed by atoms with Gasteiger partial charge >= 0.3 is 0 Å². The molecule has 13 aliphatic rings. The van der Waals surface area contributed by atoms with Crippen molar-refractivity contribution in [2.45, 2.75) is 260 Å². The maximum atomic E-state index is 14.6. The van der Waals surface area contributed by atoms with Crippen molar-refractivity contribution in [2.24, 2.45) is 73.9 Å². The predicted molar refractivity (Wildman–Crippen MR) is 520 cm³/mol. The van der Waals surface area contributed by atoms with Crippen molar-refractivity contribution in [3.05, 3.63) is 258 Å². The van der Waals surface area contributed by atoms with E-state index in [9.17, 15) is 23.8 Å². The first kappa shape index (κ1) is 86.6. The van der Waals surface area contributed by atoms with Crippen molar-refractivity contribution < 1.29 is 38.0 Å². The van der Waals surface area contributed by atoms with Crippen molar-refractivity contribution >= 4 is 81.1 Å². The number of fused-ring (bicyclic) bond motifs is 30. The molecule has 9 heteroatoms. The zero-order valence-electron chi connectivity index (χ0n) is 77.5. The highest BCUT2D eigenvalue weighted by atomic mass is 79.9. The van der Waals surface area contributed by atoms with Gasteiger partial charge in [-0.25, -0.2) is 8.78 Å². The number of ketones is 1. The third kappa shape index (κ3) is 15.3. The summed E-state index contributed by atoms with van der Waals surface area (Å²) in [6.07, 6.45) is 33.0. The van der Waals surface area contributed by atoms with Crippen molar-refractivity contribution in [2.75, 3.05) is 21.3 Å². The maximum absolute atomic E-state index is 14.6. The quantitative estimate of drug-likeness (QED) is 0.183. The van der Waals surface area contributed by atoms with E-state index in [2.05, 4.69) is 178 Å². The Hall–Kier alpha value is -8.79. The number of ether oxygens (including phenoxy) is 3. The second-order valence-corrected chi connectivity index (χ2v) is 45.3. The van der Waals surface area contributed by atoms with Crippen LogP contribution in [0, 0.1) is 85.5 Å². The molecule has 6 nitrogen and oxygen atoms in total. The van der Waals surface area contributed by atoms with E-state index >= 15 is 0 Å². The van der Waals surface area contributed by atoms with Gasteiger partial charge in [-0.3, -0.25) is 4.79 Å². The van der Waals surface area contributed by atoms with Crippen LogP contribution in [0.25, 0.3) is 59.4 Å². The van der Waals surface area contributed by atoms with Gasteiger partial charge in [0, 0.05) is 20.8 Å². The molecule has 2 N–H and O–H groups in total. The van der Waals surface area contributed by atoms with Crippen molar-refractivity contribution in [3.8, 4) is 28.7 Å². The fourth-order valence-electron chi connectivity index (χ4n) is 29.6. The molecule has 0 bridgehead atoms. The normalized spacial score (nSPS) is 31.5. The van der Waals surface area contributed by atoms with E-state index < -0.39 is 0 Å². The summed E-state index contributed by atoms with van der Waals surface area (Å²) in [5.41, 5.74) is 21.7. The number of phenols is 2. The summed E-state index contributed by atoms with van der Waals surface area (Å²) in [6.45, 7) is 28.9. The minimum atomic E-state index is -0.146. The van der Waals surface area contributed by atoms with E-state index in [-0.39, 0.29) is 23.2 Å². The van der Waals surface area contributed by atoms with Gasteiger partial charge in [0.15, 0.2) is 5.78 Å². The van der Waals surface area contributed by atoms with Gasteiger partial charge in [0.25, 0.3) is 0 Å². The number of allylic oxidation sites excluding steroid dienone is 4. The first-order valence-electron chi connectivity index (χ1n) is 48.2. The summed E-state index contributed by atoms with van der Waals surface area (Å²) in [7, 11) is 5.18. The van der Waals surface area contributed by atoms with E-state index in [1.54, 1.807) is 79.5 Å². The topological polar surface area (TPSA) is 85.2 Å². The second kappa shape index (κ2) is 33.0. The molecule has 13 aliphatic carbocycles. The lowest BCUT2D eigenvalue weighted by molar-refractivity contribution is 0.104. The summed E-state index contributed by atoms with van der Waals surface area (Å²) < 4.78 is 46.6. The van der Waals surface area contributed by atoms with Crippen LogP contribution in [0.15, 0.2) is 180 Å². The smallest absolute Gasteiger partial charge is 0.186 e. The molecule has 24 rings (SSSR count). The van der Waals surface area contributed by atoms with Crippen LogP contribution in [0.1, 0.15) is 300 Å². The third-order valence-electron chi connectivity index (χ3n) is 35.2. The molecule has 11 aromatic carbocycles. The minimum Gasteiger partial charge on any atom is -0.508 e. The van der Waals surface area contributed by atoms with Gasteiger partial charge in [-0.2, -0.15) is 0 Å². The van der Waals surface area contributed by atoms with Gasteiger partial charge in [0.1, 0.15) is 40.4 Å². The number of aromatic hydroxyl groups is 2. The van der Waals surface area contributed by atoms with Gasteiger partial charge in [0.05, 0.1) is 21.3 Å². The number of hydrogen-bond donors (Lipinski definition) is 2. The van der Waals surface area contributed by atoms with Gasteiger partial charge in [0.2, 0.25) is 0 Å². The number of carbonyl (C=O) groups is 1. The molecule has 0 saturated heterocycles. The number of phenolic OH excluding ortho intramolecular Hbond substituents is 2. The summed E-state index contributed by atoms with van der Waals surface area (Å²) in [6, 6.07) is 52.8. The molecule has 126 heavy (non-hydrogen) atoms. The number of methoxy groups -OCH3 is 3. The van der Waals surface area contributed by atoms with Crippen LogP contribution in [-0.4, -0.2) is 37.3 Å². The van der Waals surface area contributed by atoms with Crippen molar-refractivity contribution in [3.63, 3.8) is 0 Å². The molecule has 0 aromatic heterocycles. The number of halogens is 3. The first-order chi connectivity index (χ1) is 60.3. The number of carbonyl (C=O) groups excluding carboxylic acids is 1. The average Bonchev–Trinajstić information content (AvgIpc) is 1.50. The Labute approximate surface area is 756 Å². The van der Waals surface area contributed by atoms with Crippen LogP contribution in [-0.2, 0) is 32.1 Å². The highest BCUT2D eigenvalue weighted by Gasteiger charge is 2.53. The van der Waals surface area contributed by atoms with E-state index in [4.69, 9.17) is 14.2 Å². The number of rotatable bonds is 3. The molecular formula is C117H133BrF2O6. The van der Waals surface area contributed by atoms with Gasteiger partial charge in [-0.1, -0.05) is 166 Å². The fraction of sp³-hybridized carbons (Fsp3) is 0.479. The minimum absolute atomic E-state index is 0.0831. The fourth-order valence-corrected chi connectivity index (χ4v) is 30.2. The number of benzene rings is 11. The Kier molecular flexibility index (Phi) is 22.7. The van der Waals surface area contributed by atoms with Gasteiger partial charge in [-0.05, 0) is 470 Å². The predicted octanol–water partition coefficient (Wildman–Crippen LogP) is 31.7. The molecule has 6 fully saturated rings. The van der Waals surface area contributed by atoms with Crippen LogP contribution in [0.2, 0.25) is 0 Å². The van der Waals surface area contributed by atoms with E-state index in [1.807, 2.05) is 60.7 Å². The highest BCUT2D eigenvalue weighted by molar-refractivity contribution is 9.10. The molecule has 0 radical (unpaired) electrons. The lowest BCUT2D eigenvalue weighted by atomic mass is 9.65. The monoisotopic (exact) mass is 1750 g/mol. The Bertz CT molecular complexity index is 6100. The second-order valence-electron chi connectivity index (χ2n) is 44.4. The molecule has 658 valence electrons. The van der Waals surface area contributed by atoms with E-state index in [0.29, 0.717) is 73.2 Å². The molecule has 0 amide bonds. The highest BCUT2D eigenvalue weighted by Crippen LogP contribution is 2.65. The molecule has 0 heterocycles. The van der Waals surface area contributed by atoms with Gasteiger partial charge < -0.3 is 24.4 Å². The van der Waals surface area contributed by atoms with Crippen molar-refractivity contribution in [1.29, 1.82) is 0 Å². The molecule has 0 unspecified atom stereocenters. The standard InChI is InChI=1S/C20H23BrO.C20H23FO.C20H24O.C19H21FO.C19H22O.C19H20O/c2*1-12-8-18-17-10-19(21)15-5-4-13(22-3)9-16(15)14(17)6-7-20(18,2)11-12;1-13-10-19-17-7-5-14-4-6-15(21-3)11-18(14)16(17)8-9-20(19,2)12-13;1-11-7-17-16-9-18(20)14-4-3-12(21)8-15(14)13(16)5-6-19(17,2)10-11;1-12-9-18-16-6-4-13-3-5-14(20)10-17(13)15(16)7-8-19(18,2)11-12;1-12-9-17-16-10-18(20)15-6-4-3-5-13(15)14(16)7-8-19(17,2)11-12/h2*4-5,9-10,12,18H,6-8,11H2,1-3H3;4-7,11,13,19H,8-10,12H2,1-3H3;3-4,8-9,11,17,21H,5-7,10H2,1-2H3;3-6,10,12,18,20H,7-9,11H2,1-2H3;3-7,10,12,17H,8-9,11H2,1-2H3/t2*12-,18+,20-;13-,19+,20-;11-,17+,19-;12-,18+,19-;12-,17+,19-/m111110/s1. The Morgan fingerprint density at radius 1 is 0.349 bits per heavy atom. The number of hydrogen-bond acceptors (Lipinski definition) is 6. The summed E-state index contributed by atoms with van der Waals surface area (Å²) in [5.74, 6) is 11.8. The van der Waals surface area contributed by atoms with Crippen LogP contribution in [0.5, 0.6) is 28.7 Å². The van der Waals surface area contributed by atoms with Crippen LogP contribution >= 0.6 is 15.9 Å². The van der Waals surface area contributed by atoms with Crippen LogP contribution < -0.4 is 14.2 Å². The Balaban J connectivity index is 0.0000000988. The summed E-state index contributed by atoms with van der Waals surface area (Å²) >= 11 is 3.81. The molecule has 11 aromatic rings. The third-order valence-corrected chi connectivity index (χ3v) is 35.9. The SMILES string of the molecule is COc1ccc2c(Br)cc3c(c2c1)CC[C@]1(C)C[C@H](C)C[C@@H]31.COc1ccc2c(F)cc3c(c2c1)CC[C@]1(C)C[C@H](C)C[C@@H]31.COc1ccc2ccc3c(c2c1)CC[C@]1(C)C[C@H](C)C[C@@H]31.C[C@@H]1C[C@H]2c3cc(F)c4ccc(O)cc4c3CC[C@]2(C)C1.C[C@@H]1C[C@H]2c3ccc4ccc(O)cc4c3CC[C@]2(C)C1.C[C@H]1C[C@@H]2C3=CC(=O)c4ccccc4C3=CC[C@@]2(C)C1. The first-order valence-corrected chi connectivity index (χ1v) is 49.0.